The van der Waals surface area contributed by atoms with Gasteiger partial charge in [0.1, 0.15) is 6.04 Å². The predicted molar refractivity (Wildman–Crippen MR) is 138 cm³/mol. The summed E-state index contributed by atoms with van der Waals surface area (Å²) in [7, 11) is -4.00. The monoisotopic (exact) mass is 536 g/mol. The van der Waals surface area contributed by atoms with Crippen LogP contribution in [0.3, 0.4) is 0 Å². The van der Waals surface area contributed by atoms with Gasteiger partial charge in [-0.25, -0.2) is 8.42 Å². The van der Waals surface area contributed by atoms with Gasteiger partial charge in [-0.2, -0.15) is 4.31 Å². The first-order chi connectivity index (χ1) is 16.8. The Balaban J connectivity index is 1.51. The van der Waals surface area contributed by atoms with Crippen LogP contribution in [-0.2, 0) is 26.2 Å². The molecule has 4 rings (SSSR count). The van der Waals surface area contributed by atoms with E-state index in [0.717, 1.165) is 12.0 Å². The fraction of sp³-hybridized carbons (Fsp3) is 0.423. The number of hydrogen-bond acceptors (Lipinski definition) is 4. The molecule has 9 heteroatoms. The maximum absolute atomic E-state index is 13.8. The van der Waals surface area contributed by atoms with Crippen LogP contribution in [0.25, 0.3) is 0 Å². The third-order valence-corrected chi connectivity index (χ3v) is 9.02. The summed E-state index contributed by atoms with van der Waals surface area (Å²) in [5.74, 6) is -0.349. The number of carbonyl (C=O) groups is 1. The Bertz CT molecular complexity index is 1140. The minimum absolute atomic E-state index is 0.00488. The van der Waals surface area contributed by atoms with Gasteiger partial charge in [0.05, 0.1) is 11.5 Å². The van der Waals surface area contributed by atoms with E-state index in [0.29, 0.717) is 45.6 Å². The molecule has 2 aliphatic rings. The topological polar surface area (TPSA) is 66.9 Å². The van der Waals surface area contributed by atoms with Crippen LogP contribution in [0.15, 0.2) is 66.1 Å². The second kappa shape index (κ2) is 11.4. The third kappa shape index (κ3) is 5.92. The van der Waals surface area contributed by atoms with Crippen molar-refractivity contribution in [1.82, 2.24) is 9.21 Å². The van der Waals surface area contributed by atoms with Gasteiger partial charge >= 0.3 is 0 Å². The highest BCUT2D eigenvalue weighted by Gasteiger charge is 2.49. The Morgan fingerprint density at radius 1 is 1.09 bits per heavy atom. The maximum atomic E-state index is 13.8. The van der Waals surface area contributed by atoms with Crippen LogP contribution >= 0.6 is 23.2 Å². The second-order valence-electron chi connectivity index (χ2n) is 9.03. The molecule has 2 aromatic carbocycles. The number of benzene rings is 2. The van der Waals surface area contributed by atoms with E-state index in [1.54, 1.807) is 11.0 Å². The van der Waals surface area contributed by atoms with Gasteiger partial charge in [0, 0.05) is 41.7 Å². The molecule has 2 aliphatic heterocycles. The quantitative estimate of drug-likeness (QED) is 0.328. The summed E-state index contributed by atoms with van der Waals surface area (Å²) >= 11 is 12.2. The number of halogens is 2. The molecule has 2 unspecified atom stereocenters. The highest BCUT2D eigenvalue weighted by Crippen LogP contribution is 2.38. The fourth-order valence-corrected chi connectivity index (χ4v) is 7.62. The van der Waals surface area contributed by atoms with Crippen LogP contribution < -0.4 is 0 Å². The summed E-state index contributed by atoms with van der Waals surface area (Å²) in [6, 6.07) is 13.1. The molecule has 2 bridgehead atoms. The Hall–Kier alpha value is -1.90. The molecule has 0 aromatic heterocycles. The first-order valence-corrected chi connectivity index (χ1v) is 14.0. The molecule has 0 N–H and O–H groups in total. The number of ether oxygens (including phenoxy) is 1. The molecule has 6 nitrogen and oxygen atoms in total. The molecule has 2 aromatic rings. The van der Waals surface area contributed by atoms with Crippen LogP contribution in [0, 0.1) is 5.92 Å². The maximum Gasteiger partial charge on any atom is 0.244 e. The fourth-order valence-electron chi connectivity index (χ4n) is 5.02. The van der Waals surface area contributed by atoms with E-state index >= 15 is 0 Å². The van der Waals surface area contributed by atoms with Gasteiger partial charge in [-0.15, -0.1) is 6.58 Å². The average Bonchev–Trinajstić information content (AvgIpc) is 2.91. The predicted octanol–water partition coefficient (Wildman–Crippen LogP) is 5.16. The lowest BCUT2D eigenvalue weighted by Gasteiger charge is -2.40. The molecule has 188 valence electrons. The largest absolute Gasteiger partial charge is 0.377 e. The van der Waals surface area contributed by atoms with E-state index in [9.17, 15) is 13.2 Å². The highest BCUT2D eigenvalue weighted by atomic mass is 35.5. The lowest BCUT2D eigenvalue weighted by Crippen LogP contribution is -2.54. The minimum atomic E-state index is -4.00. The van der Waals surface area contributed by atoms with Gasteiger partial charge in [0.25, 0.3) is 0 Å². The average molecular weight is 538 g/mol. The van der Waals surface area contributed by atoms with E-state index in [2.05, 4.69) is 6.58 Å². The number of carbonyl (C=O) groups excluding carboxylic acids is 1. The minimum Gasteiger partial charge on any atom is -0.377 e. The van der Waals surface area contributed by atoms with Crippen molar-refractivity contribution in [3.8, 4) is 0 Å². The van der Waals surface area contributed by atoms with E-state index < -0.39 is 16.1 Å². The van der Waals surface area contributed by atoms with Gasteiger partial charge in [-0.1, -0.05) is 59.6 Å². The third-order valence-electron chi connectivity index (χ3n) is 6.68. The highest BCUT2D eigenvalue weighted by molar-refractivity contribution is 7.89. The van der Waals surface area contributed by atoms with Crippen molar-refractivity contribution in [2.45, 2.75) is 49.3 Å². The number of sulfonamides is 1. The van der Waals surface area contributed by atoms with Crippen molar-refractivity contribution >= 4 is 39.1 Å². The van der Waals surface area contributed by atoms with E-state index in [1.165, 1.54) is 22.5 Å². The van der Waals surface area contributed by atoms with E-state index in [4.69, 9.17) is 27.9 Å². The Kier molecular flexibility index (Phi) is 8.55. The Labute approximate surface area is 217 Å². The summed E-state index contributed by atoms with van der Waals surface area (Å²) in [4.78, 5) is 15.4. The lowest BCUT2D eigenvalue weighted by molar-refractivity contribution is -0.135. The van der Waals surface area contributed by atoms with Crippen LogP contribution in [0.4, 0.5) is 0 Å². The van der Waals surface area contributed by atoms with Crippen LogP contribution in [-0.4, -0.2) is 55.3 Å². The molecule has 0 radical (unpaired) electrons. The normalized spacial score (nSPS) is 23.2. The number of fused-ring (bicyclic) bond motifs is 2. The first-order valence-electron chi connectivity index (χ1n) is 11.8. The summed E-state index contributed by atoms with van der Waals surface area (Å²) in [5.41, 5.74) is 1.10. The summed E-state index contributed by atoms with van der Waals surface area (Å²) in [6.45, 7) is 5.93. The van der Waals surface area contributed by atoms with Crippen LogP contribution in [0.5, 0.6) is 0 Å². The van der Waals surface area contributed by atoms with E-state index in [-0.39, 0.29) is 32.8 Å². The molecule has 2 fully saturated rings. The van der Waals surface area contributed by atoms with Gasteiger partial charge in [0.2, 0.25) is 15.9 Å². The molecule has 35 heavy (non-hydrogen) atoms. The SMILES string of the molecule is C=C[C@H]1CN(CCCOCc2ccccc2)C(=O)C2CCCC1N2S(=O)(=O)c1cc(Cl)cc(Cl)c1. The van der Waals surface area contributed by atoms with Crippen molar-refractivity contribution in [1.29, 1.82) is 0 Å². The first kappa shape index (κ1) is 26.2. The van der Waals surface area contributed by atoms with Gasteiger partial charge in [-0.05, 0) is 49.4 Å². The molecule has 1 amide bonds. The Morgan fingerprint density at radius 2 is 1.80 bits per heavy atom. The van der Waals surface area contributed by atoms with Gasteiger partial charge in [-0.3, -0.25) is 4.79 Å². The number of piperidine rings is 1. The second-order valence-corrected chi connectivity index (χ2v) is 11.7. The molecule has 0 spiro atoms. The zero-order valence-electron chi connectivity index (χ0n) is 19.5. The summed E-state index contributed by atoms with van der Waals surface area (Å²) in [5, 5.41) is 0.472. The molecule has 2 saturated heterocycles. The molecular formula is C26H30Cl2N2O4S. The van der Waals surface area contributed by atoms with Crippen LogP contribution in [0.2, 0.25) is 10.0 Å². The van der Waals surface area contributed by atoms with Crippen molar-refractivity contribution in [3.63, 3.8) is 0 Å². The van der Waals surface area contributed by atoms with Crippen LogP contribution in [0.1, 0.15) is 31.2 Å². The van der Waals surface area contributed by atoms with Gasteiger partial charge < -0.3 is 9.64 Å². The van der Waals surface area contributed by atoms with Gasteiger partial charge in [0.15, 0.2) is 0 Å². The zero-order chi connectivity index (χ0) is 25.0. The smallest absolute Gasteiger partial charge is 0.244 e. The van der Waals surface area contributed by atoms with Crippen molar-refractivity contribution < 1.29 is 17.9 Å². The lowest BCUT2D eigenvalue weighted by atomic mass is 9.90. The summed E-state index contributed by atoms with van der Waals surface area (Å²) in [6.07, 6.45) is 4.37. The molecule has 0 saturated carbocycles. The number of hydrogen-bond donors (Lipinski definition) is 0. The number of nitrogens with zero attached hydrogens (tertiary/aromatic N) is 2. The number of amides is 1. The standard InChI is InChI=1S/C26H30Cl2N2O4S/c1-2-20-17-29(12-7-13-34-18-19-8-4-3-5-9-19)26(31)25-11-6-10-24(20)30(25)35(32,33)23-15-21(27)14-22(28)16-23/h2-5,8-9,14-16,20,24-25H,1,6-7,10-13,17-18H2/t20-,24?,25?/m0/s1. The molecular weight excluding hydrogens is 507 g/mol. The number of rotatable bonds is 9. The van der Waals surface area contributed by atoms with Crippen molar-refractivity contribution in [3.05, 3.63) is 76.8 Å². The Morgan fingerprint density at radius 3 is 2.49 bits per heavy atom. The molecule has 3 atom stereocenters. The molecule has 0 aliphatic carbocycles. The zero-order valence-corrected chi connectivity index (χ0v) is 21.8. The van der Waals surface area contributed by atoms with Crippen molar-refractivity contribution in [2.75, 3.05) is 19.7 Å². The molecule has 2 heterocycles. The summed E-state index contributed by atoms with van der Waals surface area (Å²) < 4.78 is 34.8. The van der Waals surface area contributed by atoms with E-state index in [1.807, 2.05) is 30.3 Å². The van der Waals surface area contributed by atoms with Crippen molar-refractivity contribution in [2.24, 2.45) is 5.92 Å².